The van der Waals surface area contributed by atoms with Crippen LogP contribution in [0.3, 0.4) is 0 Å². The lowest BCUT2D eigenvalue weighted by Gasteiger charge is -2.39. The Morgan fingerprint density at radius 3 is 2.58 bits per heavy atom. The van der Waals surface area contributed by atoms with Crippen LogP contribution >= 0.6 is 0 Å². The summed E-state index contributed by atoms with van der Waals surface area (Å²) in [5.74, 6) is 2.75. The minimum Gasteiger partial charge on any atom is -0.329 e. The molecule has 0 saturated heterocycles. The third-order valence-electron chi connectivity index (χ3n) is 2.79. The molecule has 66 valence electrons. The first kappa shape index (κ1) is 9.28. The van der Waals surface area contributed by atoms with Crippen LogP contribution in [0.5, 0.6) is 0 Å². The number of Topliss-reactive ketones (excluding diaryl/α,β-unsaturated/α-hetero) is 1. The van der Waals surface area contributed by atoms with Gasteiger partial charge in [0.1, 0.15) is 5.78 Å². The van der Waals surface area contributed by atoms with Gasteiger partial charge in [-0.1, -0.05) is 6.42 Å². The second-order valence-corrected chi connectivity index (χ2v) is 3.47. The van der Waals surface area contributed by atoms with Gasteiger partial charge in [-0.25, -0.2) is 0 Å². The van der Waals surface area contributed by atoms with Crippen LogP contribution in [0.4, 0.5) is 0 Å². The zero-order chi connectivity index (χ0) is 9.03. The lowest BCUT2D eigenvalue weighted by Crippen LogP contribution is -2.44. The highest BCUT2D eigenvalue weighted by Gasteiger charge is 2.41. The molecule has 1 saturated carbocycles. The van der Waals surface area contributed by atoms with Crippen molar-refractivity contribution in [2.45, 2.75) is 32.1 Å². The molecule has 0 atom stereocenters. The first-order valence-electron chi connectivity index (χ1n) is 4.42. The SMILES string of the molecule is C#CCCC(=O)C1(CN)CCC1. The Bertz CT molecular complexity index is 205. The molecule has 0 spiro atoms. The summed E-state index contributed by atoms with van der Waals surface area (Å²) in [5.41, 5.74) is 5.39. The molecule has 0 aromatic carbocycles. The first-order valence-corrected chi connectivity index (χ1v) is 4.42. The van der Waals surface area contributed by atoms with Gasteiger partial charge in [0.25, 0.3) is 0 Å². The molecule has 0 aliphatic heterocycles. The van der Waals surface area contributed by atoms with Crippen LogP contribution in [0.1, 0.15) is 32.1 Å². The molecular weight excluding hydrogens is 150 g/mol. The highest BCUT2D eigenvalue weighted by molar-refractivity contribution is 5.86. The molecule has 0 aromatic rings. The zero-order valence-corrected chi connectivity index (χ0v) is 7.31. The number of ketones is 1. The van der Waals surface area contributed by atoms with Crippen LogP contribution in [0, 0.1) is 17.8 Å². The summed E-state index contributed by atoms with van der Waals surface area (Å²) in [4.78, 5) is 11.6. The number of hydrogen-bond acceptors (Lipinski definition) is 2. The zero-order valence-electron chi connectivity index (χ0n) is 7.31. The minimum atomic E-state index is -0.184. The molecule has 0 aromatic heterocycles. The molecule has 2 heteroatoms. The Kier molecular flexibility index (Phi) is 2.88. The quantitative estimate of drug-likeness (QED) is 0.634. The van der Waals surface area contributed by atoms with Gasteiger partial charge in [0.15, 0.2) is 0 Å². The minimum absolute atomic E-state index is 0.184. The maximum atomic E-state index is 11.6. The molecular formula is C10H15NO. The van der Waals surface area contributed by atoms with E-state index in [2.05, 4.69) is 5.92 Å². The molecule has 0 unspecified atom stereocenters. The third kappa shape index (κ3) is 1.51. The summed E-state index contributed by atoms with van der Waals surface area (Å²) in [6.45, 7) is 0.496. The van der Waals surface area contributed by atoms with Gasteiger partial charge < -0.3 is 5.73 Å². The molecule has 0 amide bonds. The largest absolute Gasteiger partial charge is 0.329 e. The number of nitrogens with two attached hydrogens (primary N) is 1. The molecule has 2 nitrogen and oxygen atoms in total. The highest BCUT2D eigenvalue weighted by Crippen LogP contribution is 2.41. The van der Waals surface area contributed by atoms with Gasteiger partial charge in [-0.05, 0) is 12.8 Å². The average Bonchev–Trinajstić information content (AvgIpc) is 2.00. The van der Waals surface area contributed by atoms with E-state index >= 15 is 0 Å². The van der Waals surface area contributed by atoms with Crippen molar-refractivity contribution in [2.75, 3.05) is 6.54 Å². The van der Waals surface area contributed by atoms with Crippen molar-refractivity contribution in [3.05, 3.63) is 0 Å². The predicted octanol–water partition coefficient (Wildman–Crippen LogP) is 1.10. The van der Waals surface area contributed by atoms with Crippen LogP contribution in [0.25, 0.3) is 0 Å². The van der Waals surface area contributed by atoms with Crippen molar-refractivity contribution in [3.8, 4) is 12.3 Å². The Balaban J connectivity index is 2.44. The second-order valence-electron chi connectivity index (χ2n) is 3.47. The number of carbonyl (C=O) groups excluding carboxylic acids is 1. The van der Waals surface area contributed by atoms with Crippen molar-refractivity contribution in [3.63, 3.8) is 0 Å². The molecule has 0 heterocycles. The highest BCUT2D eigenvalue weighted by atomic mass is 16.1. The molecule has 12 heavy (non-hydrogen) atoms. The fourth-order valence-electron chi connectivity index (χ4n) is 1.65. The maximum absolute atomic E-state index is 11.6. The third-order valence-corrected chi connectivity index (χ3v) is 2.79. The summed E-state index contributed by atoms with van der Waals surface area (Å²) in [6.07, 6.45) is 9.22. The van der Waals surface area contributed by atoms with Crippen LogP contribution in [0.15, 0.2) is 0 Å². The summed E-state index contributed by atoms with van der Waals surface area (Å²) >= 11 is 0. The molecule has 2 N–H and O–H groups in total. The summed E-state index contributed by atoms with van der Waals surface area (Å²) < 4.78 is 0. The lowest BCUT2D eigenvalue weighted by molar-refractivity contribution is -0.132. The van der Waals surface area contributed by atoms with E-state index in [-0.39, 0.29) is 11.2 Å². The van der Waals surface area contributed by atoms with Gasteiger partial charge in [-0.3, -0.25) is 4.79 Å². The summed E-state index contributed by atoms with van der Waals surface area (Å²) in [7, 11) is 0. The van der Waals surface area contributed by atoms with E-state index in [9.17, 15) is 4.79 Å². The van der Waals surface area contributed by atoms with E-state index in [1.807, 2.05) is 0 Å². The second kappa shape index (κ2) is 3.73. The monoisotopic (exact) mass is 165 g/mol. The van der Waals surface area contributed by atoms with Gasteiger partial charge in [-0.2, -0.15) is 0 Å². The van der Waals surface area contributed by atoms with E-state index in [0.717, 1.165) is 19.3 Å². The fraction of sp³-hybridized carbons (Fsp3) is 0.700. The number of rotatable bonds is 4. The number of hydrogen-bond donors (Lipinski definition) is 1. The summed E-state index contributed by atoms with van der Waals surface area (Å²) in [5, 5.41) is 0. The topological polar surface area (TPSA) is 43.1 Å². The molecule has 1 fully saturated rings. The fourth-order valence-corrected chi connectivity index (χ4v) is 1.65. The van der Waals surface area contributed by atoms with E-state index < -0.39 is 0 Å². The van der Waals surface area contributed by atoms with E-state index in [1.54, 1.807) is 0 Å². The van der Waals surface area contributed by atoms with Crippen molar-refractivity contribution in [1.82, 2.24) is 0 Å². The van der Waals surface area contributed by atoms with Gasteiger partial charge in [0.2, 0.25) is 0 Å². The maximum Gasteiger partial charge on any atom is 0.141 e. The van der Waals surface area contributed by atoms with Gasteiger partial charge in [-0.15, -0.1) is 12.3 Å². The molecule has 0 bridgehead atoms. The molecule has 1 aliphatic rings. The standard InChI is InChI=1S/C10H15NO/c1-2-3-5-9(12)10(8-11)6-4-7-10/h1H,3-8,11H2. The van der Waals surface area contributed by atoms with Crippen molar-refractivity contribution in [2.24, 2.45) is 11.1 Å². The average molecular weight is 165 g/mol. The van der Waals surface area contributed by atoms with Crippen LogP contribution in [-0.2, 0) is 4.79 Å². The predicted molar refractivity (Wildman–Crippen MR) is 48.4 cm³/mol. The van der Waals surface area contributed by atoms with Crippen molar-refractivity contribution < 1.29 is 4.79 Å². The Hall–Kier alpha value is -0.810. The Morgan fingerprint density at radius 2 is 2.25 bits per heavy atom. The molecule has 1 rings (SSSR count). The van der Waals surface area contributed by atoms with E-state index in [1.165, 1.54) is 0 Å². The van der Waals surface area contributed by atoms with Crippen molar-refractivity contribution in [1.29, 1.82) is 0 Å². The van der Waals surface area contributed by atoms with Crippen LogP contribution in [-0.4, -0.2) is 12.3 Å². The van der Waals surface area contributed by atoms with Crippen LogP contribution < -0.4 is 5.73 Å². The van der Waals surface area contributed by atoms with Gasteiger partial charge >= 0.3 is 0 Å². The first-order chi connectivity index (χ1) is 5.75. The van der Waals surface area contributed by atoms with E-state index in [0.29, 0.717) is 19.4 Å². The normalized spacial score (nSPS) is 19.3. The van der Waals surface area contributed by atoms with Gasteiger partial charge in [0.05, 0.1) is 0 Å². The Morgan fingerprint density at radius 1 is 1.58 bits per heavy atom. The van der Waals surface area contributed by atoms with Crippen LogP contribution in [0.2, 0.25) is 0 Å². The summed E-state index contributed by atoms with van der Waals surface area (Å²) in [6, 6.07) is 0. The molecule has 1 aliphatic carbocycles. The Labute approximate surface area is 73.5 Å². The molecule has 0 radical (unpaired) electrons. The number of terminal acetylenes is 1. The lowest BCUT2D eigenvalue weighted by atomic mass is 9.65. The van der Waals surface area contributed by atoms with Crippen molar-refractivity contribution >= 4 is 5.78 Å². The van der Waals surface area contributed by atoms with E-state index in [4.69, 9.17) is 12.2 Å². The van der Waals surface area contributed by atoms with Gasteiger partial charge in [0, 0.05) is 24.8 Å². The number of carbonyl (C=O) groups is 1. The smallest absolute Gasteiger partial charge is 0.141 e.